The fraction of sp³-hybridized carbons (Fsp3) is 0.474. The number of halogens is 4. The molecule has 164 valence electrons. The van der Waals surface area contributed by atoms with E-state index in [0.717, 1.165) is 12.8 Å². The first-order valence-electron chi connectivity index (χ1n) is 9.34. The number of ether oxygens (including phenoxy) is 2. The fourth-order valence-electron chi connectivity index (χ4n) is 3.06. The Morgan fingerprint density at radius 2 is 2.03 bits per heavy atom. The molecule has 0 amide bonds. The summed E-state index contributed by atoms with van der Waals surface area (Å²) in [6.45, 7) is 0.751. The Morgan fingerprint density at radius 1 is 1.30 bits per heavy atom. The topological polar surface area (TPSA) is 60.3 Å². The van der Waals surface area contributed by atoms with Gasteiger partial charge in [0.2, 0.25) is 0 Å². The molecule has 6 nitrogen and oxygen atoms in total. The molecule has 1 aliphatic rings. The van der Waals surface area contributed by atoms with Crippen molar-refractivity contribution in [3.63, 3.8) is 0 Å². The Kier molecular flexibility index (Phi) is 6.97. The van der Waals surface area contributed by atoms with Gasteiger partial charge in [0.25, 0.3) is 0 Å². The summed E-state index contributed by atoms with van der Waals surface area (Å²) in [5.41, 5.74) is 0.103. The van der Waals surface area contributed by atoms with E-state index >= 15 is 0 Å². The summed E-state index contributed by atoms with van der Waals surface area (Å²) in [5, 5.41) is 9.87. The van der Waals surface area contributed by atoms with Crippen LogP contribution in [-0.2, 0) is 12.7 Å². The average Bonchev–Trinajstić information content (AvgIpc) is 3.47. The molecule has 11 heteroatoms. The second-order valence-electron chi connectivity index (χ2n) is 6.84. The van der Waals surface area contributed by atoms with E-state index < -0.39 is 11.9 Å². The first-order chi connectivity index (χ1) is 14.2. The predicted molar refractivity (Wildman–Crippen MR) is 113 cm³/mol. The predicted octanol–water partition coefficient (Wildman–Crippen LogP) is 4.83. The number of benzene rings is 1. The lowest BCUT2D eigenvalue weighted by Crippen LogP contribution is -2.30. The maximum Gasteiger partial charge on any atom is 0.436 e. The highest BCUT2D eigenvalue weighted by atomic mass is 35.5. The van der Waals surface area contributed by atoms with Crippen LogP contribution in [0.4, 0.5) is 18.9 Å². The smallest absolute Gasteiger partial charge is 0.436 e. The number of nitrogens with one attached hydrogen (secondary N) is 2. The molecule has 0 aliphatic heterocycles. The minimum absolute atomic E-state index is 0.0531. The number of aryl methyl sites for hydroxylation is 1. The summed E-state index contributed by atoms with van der Waals surface area (Å²) in [7, 11) is 3.11. The van der Waals surface area contributed by atoms with E-state index in [-0.39, 0.29) is 10.9 Å². The minimum Gasteiger partial charge on any atom is -0.497 e. The van der Waals surface area contributed by atoms with Crippen molar-refractivity contribution < 1.29 is 22.6 Å². The lowest BCUT2D eigenvalue weighted by molar-refractivity contribution is -0.141. The molecule has 3 rings (SSSR count). The van der Waals surface area contributed by atoms with E-state index in [4.69, 9.17) is 33.3 Å². The molecule has 0 radical (unpaired) electrons. The minimum atomic E-state index is -4.56. The summed E-state index contributed by atoms with van der Waals surface area (Å²) in [4.78, 5) is 0. The number of hydrogen-bond acceptors (Lipinski definition) is 4. The van der Waals surface area contributed by atoms with Gasteiger partial charge in [-0.15, -0.1) is 0 Å². The second kappa shape index (κ2) is 9.30. The third-order valence-electron chi connectivity index (χ3n) is 4.65. The average molecular weight is 463 g/mol. The molecule has 1 aliphatic carbocycles. The molecule has 0 bridgehead atoms. The van der Waals surface area contributed by atoms with Crippen LogP contribution in [-0.4, -0.2) is 35.7 Å². The third-order valence-corrected chi connectivity index (χ3v) is 5.27. The monoisotopic (exact) mass is 462 g/mol. The fourth-order valence-corrected chi connectivity index (χ4v) is 3.67. The van der Waals surface area contributed by atoms with Gasteiger partial charge in [0.15, 0.2) is 10.8 Å². The number of nitrogens with zero attached hydrogens (tertiary/aromatic N) is 2. The largest absolute Gasteiger partial charge is 0.497 e. The van der Waals surface area contributed by atoms with E-state index in [1.54, 1.807) is 32.4 Å². The Morgan fingerprint density at radius 3 is 2.63 bits per heavy atom. The summed E-state index contributed by atoms with van der Waals surface area (Å²) in [6, 6.07) is 5.27. The van der Waals surface area contributed by atoms with Gasteiger partial charge in [0.05, 0.1) is 30.6 Å². The van der Waals surface area contributed by atoms with E-state index in [2.05, 4.69) is 15.7 Å². The van der Waals surface area contributed by atoms with Gasteiger partial charge in [-0.05, 0) is 43.6 Å². The normalized spacial score (nSPS) is 13.8. The highest BCUT2D eigenvalue weighted by Crippen LogP contribution is 2.46. The zero-order valence-corrected chi connectivity index (χ0v) is 18.0. The molecule has 2 N–H and O–H groups in total. The Balaban J connectivity index is 1.56. The van der Waals surface area contributed by atoms with E-state index in [1.807, 2.05) is 0 Å². The van der Waals surface area contributed by atoms with Crippen molar-refractivity contribution in [3.8, 4) is 11.5 Å². The number of alkyl halides is 3. The molecular weight excluding hydrogens is 441 g/mol. The Labute approximate surface area is 182 Å². The number of methoxy groups -OCH3 is 2. The molecule has 1 saturated carbocycles. The van der Waals surface area contributed by atoms with Gasteiger partial charge in [-0.3, -0.25) is 4.68 Å². The van der Waals surface area contributed by atoms with E-state index in [0.29, 0.717) is 47.5 Å². The van der Waals surface area contributed by atoms with Crippen LogP contribution in [0.2, 0.25) is 5.02 Å². The van der Waals surface area contributed by atoms with Gasteiger partial charge in [0, 0.05) is 25.1 Å². The highest BCUT2D eigenvalue weighted by molar-refractivity contribution is 7.80. The van der Waals surface area contributed by atoms with Crippen LogP contribution in [0.3, 0.4) is 0 Å². The Bertz CT molecular complexity index is 916. The maximum absolute atomic E-state index is 13.1. The first-order valence-corrected chi connectivity index (χ1v) is 10.1. The summed E-state index contributed by atoms with van der Waals surface area (Å²) < 4.78 is 51.2. The van der Waals surface area contributed by atoms with Gasteiger partial charge in [0.1, 0.15) is 11.5 Å². The van der Waals surface area contributed by atoms with Crippen molar-refractivity contribution in [1.29, 1.82) is 0 Å². The molecule has 2 aromatic rings. The van der Waals surface area contributed by atoms with Crippen molar-refractivity contribution >= 4 is 34.6 Å². The molecule has 1 aromatic carbocycles. The van der Waals surface area contributed by atoms with E-state index in [1.165, 1.54) is 4.68 Å². The molecule has 0 saturated heterocycles. The molecular formula is C19H22ClF3N4O2S. The van der Waals surface area contributed by atoms with Gasteiger partial charge >= 0.3 is 6.18 Å². The standard InChI is InChI=1S/C19H22ClF3N4O2S/c1-28-12-6-7-14(29-2)13(10-12)25-18(30)24-8-3-9-27-16(11-4-5-11)15(20)17(26-27)19(21,22)23/h6-7,10-11H,3-5,8-9H2,1-2H3,(H2,24,25,30). The number of thiocarbonyl (C=S) groups is 1. The third kappa shape index (κ3) is 5.28. The van der Waals surface area contributed by atoms with Crippen LogP contribution < -0.4 is 20.1 Å². The van der Waals surface area contributed by atoms with Crippen molar-refractivity contribution in [2.45, 2.75) is 37.9 Å². The first kappa shape index (κ1) is 22.5. The summed E-state index contributed by atoms with van der Waals surface area (Å²) in [5.74, 6) is 1.29. The number of aromatic nitrogens is 2. The van der Waals surface area contributed by atoms with Crippen LogP contribution in [0.25, 0.3) is 0 Å². The second-order valence-corrected chi connectivity index (χ2v) is 7.63. The molecule has 30 heavy (non-hydrogen) atoms. The van der Waals surface area contributed by atoms with Crippen molar-refractivity contribution in [1.82, 2.24) is 15.1 Å². The van der Waals surface area contributed by atoms with Gasteiger partial charge < -0.3 is 20.1 Å². The molecule has 1 heterocycles. The SMILES string of the molecule is COc1ccc(OC)c(NC(=S)NCCCn2nc(C(F)(F)F)c(Cl)c2C2CC2)c1. The number of rotatable bonds is 8. The van der Waals surface area contributed by atoms with Gasteiger partial charge in [-0.2, -0.15) is 18.3 Å². The molecule has 1 aromatic heterocycles. The van der Waals surface area contributed by atoms with Crippen LogP contribution in [0, 0.1) is 0 Å². The molecule has 0 unspecified atom stereocenters. The molecule has 0 atom stereocenters. The van der Waals surface area contributed by atoms with Crippen LogP contribution in [0.5, 0.6) is 11.5 Å². The number of hydrogen-bond donors (Lipinski definition) is 2. The van der Waals surface area contributed by atoms with Crippen molar-refractivity contribution in [2.75, 3.05) is 26.1 Å². The maximum atomic E-state index is 13.1. The van der Waals surface area contributed by atoms with Gasteiger partial charge in [-0.25, -0.2) is 0 Å². The van der Waals surface area contributed by atoms with Crippen molar-refractivity contribution in [2.24, 2.45) is 0 Å². The zero-order chi connectivity index (χ0) is 21.9. The van der Waals surface area contributed by atoms with Crippen LogP contribution in [0.15, 0.2) is 18.2 Å². The van der Waals surface area contributed by atoms with Gasteiger partial charge in [-0.1, -0.05) is 11.6 Å². The lowest BCUT2D eigenvalue weighted by atomic mass is 10.2. The van der Waals surface area contributed by atoms with E-state index in [9.17, 15) is 13.2 Å². The van der Waals surface area contributed by atoms with Crippen molar-refractivity contribution in [3.05, 3.63) is 34.6 Å². The Hall–Kier alpha value is -2.20. The molecule has 0 spiro atoms. The van der Waals surface area contributed by atoms with Crippen LogP contribution in [0.1, 0.15) is 36.6 Å². The summed E-state index contributed by atoms with van der Waals surface area (Å²) in [6.07, 6.45) is -2.38. The lowest BCUT2D eigenvalue weighted by Gasteiger charge is -2.14. The molecule has 1 fully saturated rings. The zero-order valence-electron chi connectivity index (χ0n) is 16.5. The number of anilines is 1. The quantitative estimate of drug-likeness (QED) is 0.433. The highest BCUT2D eigenvalue weighted by Gasteiger charge is 2.41. The summed E-state index contributed by atoms with van der Waals surface area (Å²) >= 11 is 11.3. The van der Waals surface area contributed by atoms with Crippen LogP contribution >= 0.6 is 23.8 Å².